The van der Waals surface area contributed by atoms with Crippen molar-refractivity contribution in [3.8, 4) is 0 Å². The Morgan fingerprint density at radius 3 is 2.70 bits per heavy atom. The Morgan fingerprint density at radius 1 is 1.35 bits per heavy atom. The number of benzene rings is 1. The van der Waals surface area contributed by atoms with E-state index in [1.165, 1.54) is 11.3 Å². The fourth-order valence-electron chi connectivity index (χ4n) is 2.21. The van der Waals surface area contributed by atoms with Gasteiger partial charge in [-0.05, 0) is 38.2 Å². The molecule has 0 aliphatic heterocycles. The van der Waals surface area contributed by atoms with Crippen molar-refractivity contribution in [2.24, 2.45) is 5.73 Å². The number of nitrogens with one attached hydrogen (secondary N) is 1. The van der Waals surface area contributed by atoms with Crippen LogP contribution in [0.5, 0.6) is 0 Å². The van der Waals surface area contributed by atoms with Crippen LogP contribution < -0.4 is 11.1 Å². The first kappa shape index (κ1) is 17.1. The molecule has 0 saturated carbocycles. The van der Waals surface area contributed by atoms with Crippen LogP contribution in [0.2, 0.25) is 0 Å². The average Bonchev–Trinajstić information content (AvgIpc) is 2.96. The van der Waals surface area contributed by atoms with Crippen molar-refractivity contribution in [3.63, 3.8) is 0 Å². The largest absolute Gasteiger partial charge is 0.366 e. The molecule has 2 aromatic rings. The van der Waals surface area contributed by atoms with Crippen molar-refractivity contribution in [1.29, 1.82) is 0 Å². The third-order valence-corrected chi connectivity index (χ3v) is 4.18. The predicted octanol–water partition coefficient (Wildman–Crippen LogP) is 2.12. The molecule has 23 heavy (non-hydrogen) atoms. The lowest BCUT2D eigenvalue weighted by Crippen LogP contribution is -2.18. The van der Waals surface area contributed by atoms with Gasteiger partial charge in [0.25, 0.3) is 5.91 Å². The standard InChI is InChI=1S/C16H20N4O2S/c1-4-12-14(23-9-18-12)16(22)19-13-7-10(15(17)21)5-6-11(13)8-20(2)3/h5-7,9H,4,8H2,1-3H3,(H2,17,21)(H,19,22). The first-order chi connectivity index (χ1) is 10.9. The van der Waals surface area contributed by atoms with Crippen LogP contribution in [0.1, 0.15) is 38.2 Å². The van der Waals surface area contributed by atoms with Gasteiger partial charge < -0.3 is 16.0 Å². The molecule has 0 fully saturated rings. The van der Waals surface area contributed by atoms with Gasteiger partial charge in [0, 0.05) is 17.8 Å². The Balaban J connectivity index is 2.34. The number of anilines is 1. The van der Waals surface area contributed by atoms with Crippen molar-refractivity contribution < 1.29 is 9.59 Å². The minimum absolute atomic E-state index is 0.217. The van der Waals surface area contributed by atoms with E-state index in [0.717, 1.165) is 11.3 Å². The first-order valence-electron chi connectivity index (χ1n) is 7.23. The van der Waals surface area contributed by atoms with Gasteiger partial charge in [-0.3, -0.25) is 9.59 Å². The molecule has 0 atom stereocenters. The zero-order valence-corrected chi connectivity index (χ0v) is 14.2. The van der Waals surface area contributed by atoms with Crippen LogP contribution in [0.4, 0.5) is 5.69 Å². The molecule has 3 N–H and O–H groups in total. The summed E-state index contributed by atoms with van der Waals surface area (Å²) in [6, 6.07) is 5.09. The van der Waals surface area contributed by atoms with Crippen LogP contribution in [0, 0.1) is 0 Å². The molecule has 0 saturated heterocycles. The summed E-state index contributed by atoms with van der Waals surface area (Å²) >= 11 is 1.31. The average molecular weight is 332 g/mol. The van der Waals surface area contributed by atoms with Gasteiger partial charge in [-0.15, -0.1) is 11.3 Å². The van der Waals surface area contributed by atoms with Gasteiger partial charge in [-0.25, -0.2) is 4.98 Å². The van der Waals surface area contributed by atoms with Crippen molar-refractivity contribution >= 4 is 28.8 Å². The summed E-state index contributed by atoms with van der Waals surface area (Å²) in [5.41, 5.74) is 9.64. The molecule has 1 aromatic carbocycles. The Labute approximate surface area is 139 Å². The Bertz CT molecular complexity index is 725. The smallest absolute Gasteiger partial charge is 0.267 e. The maximum absolute atomic E-state index is 12.5. The molecular formula is C16H20N4O2S. The van der Waals surface area contributed by atoms with E-state index in [-0.39, 0.29) is 5.91 Å². The van der Waals surface area contributed by atoms with Gasteiger partial charge in [0.1, 0.15) is 4.88 Å². The summed E-state index contributed by atoms with van der Waals surface area (Å²) in [7, 11) is 3.87. The molecule has 0 aliphatic carbocycles. The second-order valence-corrected chi connectivity index (χ2v) is 6.26. The van der Waals surface area contributed by atoms with Crippen LogP contribution in [0.3, 0.4) is 0 Å². The van der Waals surface area contributed by atoms with E-state index < -0.39 is 5.91 Å². The highest BCUT2D eigenvalue weighted by atomic mass is 32.1. The summed E-state index contributed by atoms with van der Waals surface area (Å²) < 4.78 is 0. The summed E-state index contributed by atoms with van der Waals surface area (Å²) in [6.07, 6.45) is 0.693. The van der Waals surface area contributed by atoms with Crippen LogP contribution >= 0.6 is 11.3 Å². The van der Waals surface area contributed by atoms with E-state index in [4.69, 9.17) is 5.73 Å². The number of amides is 2. The molecule has 1 heterocycles. The quantitative estimate of drug-likeness (QED) is 0.848. The minimum Gasteiger partial charge on any atom is -0.366 e. The van der Waals surface area contributed by atoms with Gasteiger partial charge in [0.2, 0.25) is 5.91 Å². The normalized spacial score (nSPS) is 10.8. The molecule has 2 rings (SSSR count). The van der Waals surface area contributed by atoms with Crippen molar-refractivity contribution in [1.82, 2.24) is 9.88 Å². The predicted molar refractivity (Wildman–Crippen MR) is 91.8 cm³/mol. The van der Waals surface area contributed by atoms with Gasteiger partial charge in [-0.1, -0.05) is 13.0 Å². The molecule has 0 radical (unpaired) electrons. The number of rotatable bonds is 6. The van der Waals surface area contributed by atoms with Crippen LogP contribution in [-0.2, 0) is 13.0 Å². The molecule has 122 valence electrons. The maximum atomic E-state index is 12.5. The van der Waals surface area contributed by atoms with Crippen molar-refractivity contribution in [2.45, 2.75) is 19.9 Å². The highest BCUT2D eigenvalue weighted by Crippen LogP contribution is 2.22. The summed E-state index contributed by atoms with van der Waals surface area (Å²) in [6.45, 7) is 2.59. The monoisotopic (exact) mass is 332 g/mol. The van der Waals surface area contributed by atoms with E-state index in [1.54, 1.807) is 17.6 Å². The molecule has 6 nitrogen and oxygen atoms in total. The third-order valence-electron chi connectivity index (χ3n) is 3.31. The number of thiazole rings is 1. The SMILES string of the molecule is CCc1ncsc1C(=O)Nc1cc(C(N)=O)ccc1CN(C)C. The lowest BCUT2D eigenvalue weighted by molar-refractivity contribution is 0.0996. The Hall–Kier alpha value is -2.25. The minimum atomic E-state index is -0.524. The number of aryl methyl sites for hydroxylation is 1. The molecule has 2 amide bonds. The number of primary amides is 1. The number of carbonyl (C=O) groups excluding carboxylic acids is 2. The van der Waals surface area contributed by atoms with E-state index >= 15 is 0 Å². The van der Waals surface area contributed by atoms with Crippen molar-refractivity contribution in [3.05, 3.63) is 45.4 Å². The highest BCUT2D eigenvalue weighted by Gasteiger charge is 2.16. The number of nitrogens with zero attached hydrogens (tertiary/aromatic N) is 2. The van der Waals surface area contributed by atoms with Gasteiger partial charge in [0.15, 0.2) is 0 Å². The highest BCUT2D eigenvalue weighted by molar-refractivity contribution is 7.12. The van der Waals surface area contributed by atoms with Gasteiger partial charge in [-0.2, -0.15) is 0 Å². The molecule has 0 bridgehead atoms. The van der Waals surface area contributed by atoms with Gasteiger partial charge in [0.05, 0.1) is 11.2 Å². The Kier molecular flexibility index (Phi) is 5.46. The number of nitrogens with two attached hydrogens (primary N) is 1. The van der Waals surface area contributed by atoms with Crippen LogP contribution in [0.25, 0.3) is 0 Å². The number of hydrogen-bond donors (Lipinski definition) is 2. The summed E-state index contributed by atoms with van der Waals surface area (Å²) in [5.74, 6) is -0.741. The number of aromatic nitrogens is 1. The zero-order valence-electron chi connectivity index (χ0n) is 13.4. The van der Waals surface area contributed by atoms with E-state index in [1.807, 2.05) is 32.0 Å². The first-order valence-corrected chi connectivity index (χ1v) is 8.11. The fourth-order valence-corrected chi connectivity index (χ4v) is 2.99. The molecule has 1 aromatic heterocycles. The molecule has 0 unspecified atom stereocenters. The van der Waals surface area contributed by atoms with Gasteiger partial charge >= 0.3 is 0 Å². The number of hydrogen-bond acceptors (Lipinski definition) is 5. The lowest BCUT2D eigenvalue weighted by Gasteiger charge is -2.15. The maximum Gasteiger partial charge on any atom is 0.267 e. The third kappa shape index (κ3) is 4.14. The second kappa shape index (κ2) is 7.34. The molecule has 0 spiro atoms. The van der Waals surface area contributed by atoms with Crippen LogP contribution in [0.15, 0.2) is 23.7 Å². The van der Waals surface area contributed by atoms with E-state index in [0.29, 0.717) is 29.1 Å². The lowest BCUT2D eigenvalue weighted by atomic mass is 10.1. The fraction of sp³-hybridized carbons (Fsp3) is 0.312. The second-order valence-electron chi connectivity index (χ2n) is 5.41. The molecular weight excluding hydrogens is 312 g/mol. The molecule has 0 aliphatic rings. The van der Waals surface area contributed by atoms with Crippen molar-refractivity contribution in [2.75, 3.05) is 19.4 Å². The molecule has 7 heteroatoms. The van der Waals surface area contributed by atoms with E-state index in [9.17, 15) is 9.59 Å². The zero-order chi connectivity index (χ0) is 17.0. The summed E-state index contributed by atoms with van der Waals surface area (Å²) in [4.78, 5) is 30.7. The Morgan fingerprint density at radius 2 is 2.09 bits per heavy atom. The van der Waals surface area contributed by atoms with E-state index in [2.05, 4.69) is 10.3 Å². The van der Waals surface area contributed by atoms with Crippen LogP contribution in [-0.4, -0.2) is 35.8 Å². The summed E-state index contributed by atoms with van der Waals surface area (Å²) in [5, 5.41) is 2.89. The number of carbonyl (C=O) groups is 2. The topological polar surface area (TPSA) is 88.3 Å².